The molecule has 2 aromatic rings. The molecular weight excluding hydrogens is 238 g/mol. The van der Waals surface area contributed by atoms with Crippen molar-refractivity contribution in [3.8, 4) is 0 Å². The number of carbonyl (C=O) groups is 1. The number of rotatable bonds is 7. The lowest BCUT2D eigenvalue weighted by atomic mass is 10.1. The molecule has 0 unspecified atom stereocenters. The molecule has 1 aromatic heterocycles. The maximum Gasteiger partial charge on any atom is 0.305 e. The van der Waals surface area contributed by atoms with Crippen LogP contribution in [0, 0.1) is 0 Å². The number of benzene rings is 1. The molecule has 3 nitrogen and oxygen atoms in total. The standard InChI is InChI=1S/C16H21NO2/c1-2-3-11-19-16(18)10-6-7-13-12-17-15-9-5-4-8-14(13)15/h4-5,8-9,12,17H,2-3,6-7,10-11H2,1H3. The number of H-pyrrole nitrogens is 1. The van der Waals surface area contributed by atoms with Crippen molar-refractivity contribution < 1.29 is 9.53 Å². The van der Waals surface area contributed by atoms with Crippen LogP contribution in [0.1, 0.15) is 38.2 Å². The minimum absolute atomic E-state index is 0.0757. The third-order valence-electron chi connectivity index (χ3n) is 3.26. The van der Waals surface area contributed by atoms with Crippen LogP contribution in [0.15, 0.2) is 30.5 Å². The van der Waals surface area contributed by atoms with E-state index in [0.717, 1.165) is 31.2 Å². The highest BCUT2D eigenvalue weighted by Gasteiger charge is 2.06. The number of nitrogens with one attached hydrogen (secondary N) is 1. The highest BCUT2D eigenvalue weighted by Crippen LogP contribution is 2.19. The molecular formula is C16H21NO2. The molecule has 0 saturated carbocycles. The number of esters is 1. The van der Waals surface area contributed by atoms with E-state index in [0.29, 0.717) is 13.0 Å². The van der Waals surface area contributed by atoms with E-state index in [4.69, 9.17) is 4.74 Å². The van der Waals surface area contributed by atoms with E-state index in [2.05, 4.69) is 24.0 Å². The van der Waals surface area contributed by atoms with E-state index in [1.807, 2.05) is 18.3 Å². The van der Waals surface area contributed by atoms with Crippen molar-refractivity contribution in [3.63, 3.8) is 0 Å². The molecule has 0 spiro atoms. The molecule has 0 atom stereocenters. The normalized spacial score (nSPS) is 10.8. The van der Waals surface area contributed by atoms with Crippen LogP contribution in [0.2, 0.25) is 0 Å². The predicted octanol–water partition coefficient (Wildman–Crippen LogP) is 3.83. The van der Waals surface area contributed by atoms with Gasteiger partial charge in [-0.2, -0.15) is 0 Å². The van der Waals surface area contributed by atoms with E-state index in [9.17, 15) is 4.79 Å². The first kappa shape index (κ1) is 13.7. The van der Waals surface area contributed by atoms with E-state index < -0.39 is 0 Å². The third kappa shape index (κ3) is 3.85. The molecule has 0 radical (unpaired) electrons. The van der Waals surface area contributed by atoms with Gasteiger partial charge in [-0.25, -0.2) is 0 Å². The smallest absolute Gasteiger partial charge is 0.305 e. The highest BCUT2D eigenvalue weighted by atomic mass is 16.5. The van der Waals surface area contributed by atoms with Crippen LogP contribution in [-0.2, 0) is 16.0 Å². The predicted molar refractivity (Wildman–Crippen MR) is 77.1 cm³/mol. The summed E-state index contributed by atoms with van der Waals surface area (Å²) >= 11 is 0. The summed E-state index contributed by atoms with van der Waals surface area (Å²) in [6, 6.07) is 8.24. The fraction of sp³-hybridized carbons (Fsp3) is 0.438. The summed E-state index contributed by atoms with van der Waals surface area (Å²) in [7, 11) is 0. The van der Waals surface area contributed by atoms with E-state index in [1.54, 1.807) is 0 Å². The Morgan fingerprint density at radius 2 is 2.11 bits per heavy atom. The number of aromatic nitrogens is 1. The van der Waals surface area contributed by atoms with Crippen molar-refractivity contribution in [3.05, 3.63) is 36.0 Å². The number of hydrogen-bond donors (Lipinski definition) is 1. The zero-order chi connectivity index (χ0) is 13.5. The highest BCUT2D eigenvalue weighted by molar-refractivity contribution is 5.83. The Balaban J connectivity index is 1.78. The second-order valence-corrected chi connectivity index (χ2v) is 4.79. The first-order valence-electron chi connectivity index (χ1n) is 7.02. The van der Waals surface area contributed by atoms with E-state index >= 15 is 0 Å². The van der Waals surface area contributed by atoms with Crippen LogP contribution in [0.25, 0.3) is 10.9 Å². The molecule has 0 aliphatic carbocycles. The van der Waals surface area contributed by atoms with Crippen molar-refractivity contribution in [2.24, 2.45) is 0 Å². The first-order valence-corrected chi connectivity index (χ1v) is 7.02. The molecule has 3 heteroatoms. The second kappa shape index (κ2) is 6.98. The number of unbranched alkanes of at least 4 members (excludes halogenated alkanes) is 1. The molecule has 19 heavy (non-hydrogen) atoms. The lowest BCUT2D eigenvalue weighted by Crippen LogP contribution is -2.05. The molecule has 0 saturated heterocycles. The molecule has 1 heterocycles. The Hall–Kier alpha value is -1.77. The average molecular weight is 259 g/mol. The fourth-order valence-corrected chi connectivity index (χ4v) is 2.16. The molecule has 1 aromatic carbocycles. The quantitative estimate of drug-likeness (QED) is 0.606. The topological polar surface area (TPSA) is 42.1 Å². The third-order valence-corrected chi connectivity index (χ3v) is 3.26. The van der Waals surface area contributed by atoms with Crippen LogP contribution < -0.4 is 0 Å². The van der Waals surface area contributed by atoms with E-state index in [1.165, 1.54) is 10.9 Å². The van der Waals surface area contributed by atoms with Gasteiger partial charge in [0, 0.05) is 23.5 Å². The summed E-state index contributed by atoms with van der Waals surface area (Å²) < 4.78 is 5.14. The minimum Gasteiger partial charge on any atom is -0.466 e. The van der Waals surface area contributed by atoms with Crippen molar-refractivity contribution >= 4 is 16.9 Å². The van der Waals surface area contributed by atoms with Crippen LogP contribution in [0.3, 0.4) is 0 Å². The minimum atomic E-state index is -0.0757. The number of aromatic amines is 1. The molecule has 0 amide bonds. The fourth-order valence-electron chi connectivity index (χ4n) is 2.16. The zero-order valence-corrected chi connectivity index (χ0v) is 11.4. The molecule has 102 valence electrons. The Labute approximate surface area is 114 Å². The number of ether oxygens (including phenoxy) is 1. The summed E-state index contributed by atoms with van der Waals surface area (Å²) in [4.78, 5) is 14.7. The monoisotopic (exact) mass is 259 g/mol. The van der Waals surface area contributed by atoms with Gasteiger partial charge in [-0.15, -0.1) is 0 Å². The summed E-state index contributed by atoms with van der Waals surface area (Å²) in [6.07, 6.45) is 6.30. The van der Waals surface area contributed by atoms with Gasteiger partial charge in [0.2, 0.25) is 0 Å². The Morgan fingerprint density at radius 1 is 1.26 bits per heavy atom. The van der Waals surface area contributed by atoms with Gasteiger partial charge in [-0.1, -0.05) is 31.5 Å². The molecule has 0 aliphatic rings. The second-order valence-electron chi connectivity index (χ2n) is 4.79. The molecule has 1 N–H and O–H groups in total. The van der Waals surface area contributed by atoms with Crippen LogP contribution in [-0.4, -0.2) is 17.6 Å². The number of fused-ring (bicyclic) bond motifs is 1. The zero-order valence-electron chi connectivity index (χ0n) is 11.4. The lowest BCUT2D eigenvalue weighted by molar-refractivity contribution is -0.143. The molecule has 2 rings (SSSR count). The number of aryl methyl sites for hydroxylation is 1. The van der Waals surface area contributed by atoms with Crippen molar-refractivity contribution in [1.29, 1.82) is 0 Å². The number of hydrogen-bond acceptors (Lipinski definition) is 2. The van der Waals surface area contributed by atoms with Gasteiger partial charge in [0.05, 0.1) is 6.61 Å². The maximum atomic E-state index is 11.5. The van der Waals surface area contributed by atoms with Gasteiger partial charge >= 0.3 is 5.97 Å². The van der Waals surface area contributed by atoms with Gasteiger partial charge in [0.1, 0.15) is 0 Å². The SMILES string of the molecule is CCCCOC(=O)CCCc1c[nH]c2ccccc12. The summed E-state index contributed by atoms with van der Waals surface area (Å²) in [5, 5.41) is 1.25. The number of para-hydroxylation sites is 1. The summed E-state index contributed by atoms with van der Waals surface area (Å²) in [5.74, 6) is -0.0757. The largest absolute Gasteiger partial charge is 0.466 e. The molecule has 0 bridgehead atoms. The van der Waals surface area contributed by atoms with Crippen molar-refractivity contribution in [2.45, 2.75) is 39.0 Å². The lowest BCUT2D eigenvalue weighted by Gasteiger charge is -2.03. The maximum absolute atomic E-state index is 11.5. The first-order chi connectivity index (χ1) is 9.31. The van der Waals surface area contributed by atoms with Gasteiger partial charge in [-0.05, 0) is 30.9 Å². The Bertz CT molecular complexity index is 530. The summed E-state index contributed by atoms with van der Waals surface area (Å²) in [6.45, 7) is 2.65. The van der Waals surface area contributed by atoms with Crippen molar-refractivity contribution in [1.82, 2.24) is 4.98 Å². The van der Waals surface area contributed by atoms with Gasteiger partial charge < -0.3 is 9.72 Å². The van der Waals surface area contributed by atoms with Crippen LogP contribution in [0.5, 0.6) is 0 Å². The average Bonchev–Trinajstić information content (AvgIpc) is 2.83. The van der Waals surface area contributed by atoms with E-state index in [-0.39, 0.29) is 5.97 Å². The Morgan fingerprint density at radius 3 is 2.95 bits per heavy atom. The van der Waals surface area contributed by atoms with Crippen LogP contribution in [0.4, 0.5) is 0 Å². The molecule has 0 aliphatic heterocycles. The van der Waals surface area contributed by atoms with Crippen LogP contribution >= 0.6 is 0 Å². The summed E-state index contributed by atoms with van der Waals surface area (Å²) in [5.41, 5.74) is 2.43. The van der Waals surface area contributed by atoms with Gasteiger partial charge in [0.15, 0.2) is 0 Å². The number of carbonyl (C=O) groups excluding carboxylic acids is 1. The Kier molecular flexibility index (Phi) is 5.01. The van der Waals surface area contributed by atoms with Crippen molar-refractivity contribution in [2.75, 3.05) is 6.61 Å². The van der Waals surface area contributed by atoms with Gasteiger partial charge in [-0.3, -0.25) is 4.79 Å². The van der Waals surface area contributed by atoms with Gasteiger partial charge in [0.25, 0.3) is 0 Å². The molecule has 0 fully saturated rings.